The first kappa shape index (κ1) is 18.2. The molecule has 25 heavy (non-hydrogen) atoms. The number of ether oxygens (including phenoxy) is 2. The second-order valence-corrected chi connectivity index (χ2v) is 7.39. The van der Waals surface area contributed by atoms with Crippen LogP contribution in [0.2, 0.25) is 10.0 Å². The number of amides is 1. The molecule has 0 fully saturated rings. The number of hydrogen-bond acceptors (Lipinski definition) is 4. The number of carbonyl (C=O) groups excluding carboxylic acids is 1. The van der Waals surface area contributed by atoms with Gasteiger partial charge in [-0.15, -0.1) is 11.8 Å². The standard InChI is InChI=1S/C18H17Cl2NO3S/c19-13-7-12(8-14(20)9-13)3-4-21-18(22)11-25-15-1-2-16-17(10-15)24-6-5-23-16/h1-2,7-10H,3-6,11H2,(H,21,22). The molecule has 2 aromatic rings. The van der Waals surface area contributed by atoms with Gasteiger partial charge in [0.15, 0.2) is 11.5 Å². The van der Waals surface area contributed by atoms with Gasteiger partial charge in [0.2, 0.25) is 5.91 Å². The topological polar surface area (TPSA) is 47.6 Å². The number of halogens is 2. The number of benzene rings is 2. The normalized spacial score (nSPS) is 12.7. The first-order valence-electron chi connectivity index (χ1n) is 7.84. The fraction of sp³-hybridized carbons (Fsp3) is 0.278. The van der Waals surface area contributed by atoms with Gasteiger partial charge in [-0.05, 0) is 48.4 Å². The van der Waals surface area contributed by atoms with Crippen LogP contribution in [0.4, 0.5) is 0 Å². The van der Waals surface area contributed by atoms with E-state index in [-0.39, 0.29) is 5.91 Å². The van der Waals surface area contributed by atoms with Gasteiger partial charge >= 0.3 is 0 Å². The summed E-state index contributed by atoms with van der Waals surface area (Å²) in [6.07, 6.45) is 0.681. The molecule has 0 radical (unpaired) electrons. The smallest absolute Gasteiger partial charge is 0.230 e. The van der Waals surface area contributed by atoms with Crippen molar-refractivity contribution >= 4 is 40.9 Å². The molecule has 1 N–H and O–H groups in total. The van der Waals surface area contributed by atoms with Crippen LogP contribution in [-0.4, -0.2) is 31.4 Å². The third-order valence-corrected chi connectivity index (χ3v) is 4.97. The van der Waals surface area contributed by atoms with Crippen molar-refractivity contribution < 1.29 is 14.3 Å². The summed E-state index contributed by atoms with van der Waals surface area (Å²) in [4.78, 5) is 13.0. The van der Waals surface area contributed by atoms with E-state index in [9.17, 15) is 4.79 Å². The zero-order chi connectivity index (χ0) is 17.6. The summed E-state index contributed by atoms with van der Waals surface area (Å²) < 4.78 is 11.0. The van der Waals surface area contributed by atoms with Gasteiger partial charge in [0.25, 0.3) is 0 Å². The van der Waals surface area contributed by atoms with Crippen molar-refractivity contribution in [1.29, 1.82) is 0 Å². The Labute approximate surface area is 160 Å². The van der Waals surface area contributed by atoms with Gasteiger partial charge in [0.05, 0.1) is 5.75 Å². The highest BCUT2D eigenvalue weighted by atomic mass is 35.5. The maximum atomic E-state index is 12.0. The molecular weight excluding hydrogens is 381 g/mol. The molecule has 0 aliphatic carbocycles. The Balaban J connectivity index is 1.43. The highest BCUT2D eigenvalue weighted by molar-refractivity contribution is 8.00. The van der Waals surface area contributed by atoms with E-state index in [1.54, 1.807) is 6.07 Å². The first-order valence-corrected chi connectivity index (χ1v) is 9.58. The number of nitrogens with one attached hydrogen (secondary N) is 1. The predicted octanol–water partition coefficient (Wildman–Crippen LogP) is 4.22. The Kier molecular flexibility index (Phi) is 6.34. The summed E-state index contributed by atoms with van der Waals surface area (Å²) in [7, 11) is 0. The van der Waals surface area contributed by atoms with Crippen molar-refractivity contribution in [3.8, 4) is 11.5 Å². The first-order chi connectivity index (χ1) is 12.1. The lowest BCUT2D eigenvalue weighted by molar-refractivity contribution is -0.118. The van der Waals surface area contributed by atoms with Crippen molar-refractivity contribution in [3.05, 3.63) is 52.0 Å². The van der Waals surface area contributed by atoms with Gasteiger partial charge in [0.1, 0.15) is 13.2 Å². The second-order valence-electron chi connectivity index (χ2n) is 5.47. The van der Waals surface area contributed by atoms with Crippen LogP contribution in [-0.2, 0) is 11.2 Å². The number of hydrogen-bond donors (Lipinski definition) is 1. The molecular formula is C18H17Cl2NO3S. The van der Waals surface area contributed by atoms with Gasteiger partial charge in [-0.3, -0.25) is 4.79 Å². The molecule has 4 nitrogen and oxygen atoms in total. The largest absolute Gasteiger partial charge is 0.486 e. The van der Waals surface area contributed by atoms with Gasteiger partial charge in [0, 0.05) is 21.5 Å². The van der Waals surface area contributed by atoms with Crippen molar-refractivity contribution in [1.82, 2.24) is 5.32 Å². The highest BCUT2D eigenvalue weighted by Gasteiger charge is 2.12. The molecule has 0 unspecified atom stereocenters. The van der Waals surface area contributed by atoms with Crippen LogP contribution in [0.1, 0.15) is 5.56 Å². The van der Waals surface area contributed by atoms with Crippen LogP contribution < -0.4 is 14.8 Å². The van der Waals surface area contributed by atoms with Crippen molar-refractivity contribution in [2.45, 2.75) is 11.3 Å². The fourth-order valence-corrected chi connectivity index (χ4v) is 3.74. The summed E-state index contributed by atoms with van der Waals surface area (Å²) in [6, 6.07) is 11.1. The van der Waals surface area contributed by atoms with Crippen LogP contribution >= 0.6 is 35.0 Å². The average molecular weight is 398 g/mol. The maximum Gasteiger partial charge on any atom is 0.230 e. The zero-order valence-corrected chi connectivity index (χ0v) is 15.7. The Morgan fingerprint density at radius 1 is 1.04 bits per heavy atom. The molecule has 0 saturated heterocycles. The lowest BCUT2D eigenvalue weighted by Crippen LogP contribution is -2.27. The zero-order valence-electron chi connectivity index (χ0n) is 13.4. The van der Waals surface area contributed by atoms with Crippen molar-refractivity contribution in [2.75, 3.05) is 25.5 Å². The van der Waals surface area contributed by atoms with Crippen LogP contribution in [0.5, 0.6) is 11.5 Å². The van der Waals surface area contributed by atoms with E-state index < -0.39 is 0 Å². The minimum Gasteiger partial charge on any atom is -0.486 e. The van der Waals surface area contributed by atoms with E-state index in [0.717, 1.165) is 22.0 Å². The highest BCUT2D eigenvalue weighted by Crippen LogP contribution is 2.34. The lowest BCUT2D eigenvalue weighted by atomic mass is 10.1. The monoisotopic (exact) mass is 397 g/mol. The Morgan fingerprint density at radius 3 is 2.52 bits per heavy atom. The van der Waals surface area contributed by atoms with Gasteiger partial charge in [-0.2, -0.15) is 0 Å². The molecule has 0 aromatic heterocycles. The van der Waals surface area contributed by atoms with E-state index >= 15 is 0 Å². The van der Waals surface area contributed by atoms with E-state index in [1.807, 2.05) is 30.3 Å². The second kappa shape index (κ2) is 8.70. The molecule has 1 aliphatic heterocycles. The Morgan fingerprint density at radius 2 is 1.76 bits per heavy atom. The number of thioether (sulfide) groups is 1. The van der Waals surface area contributed by atoms with Gasteiger partial charge in [-0.25, -0.2) is 0 Å². The van der Waals surface area contributed by atoms with Gasteiger partial charge < -0.3 is 14.8 Å². The quantitative estimate of drug-likeness (QED) is 0.741. The average Bonchev–Trinajstić information content (AvgIpc) is 2.59. The van der Waals surface area contributed by atoms with E-state index in [1.165, 1.54) is 11.8 Å². The molecule has 3 rings (SSSR count). The van der Waals surface area contributed by atoms with Crippen LogP contribution in [0.15, 0.2) is 41.3 Å². The summed E-state index contributed by atoms with van der Waals surface area (Å²) >= 11 is 13.4. The summed E-state index contributed by atoms with van der Waals surface area (Å²) in [5.41, 5.74) is 0.997. The number of rotatable bonds is 6. The summed E-state index contributed by atoms with van der Waals surface area (Å²) in [5.74, 6) is 1.80. The fourth-order valence-electron chi connectivity index (χ4n) is 2.41. The van der Waals surface area contributed by atoms with Crippen LogP contribution in [0.25, 0.3) is 0 Å². The van der Waals surface area contributed by atoms with Crippen LogP contribution in [0, 0.1) is 0 Å². The molecule has 7 heteroatoms. The summed E-state index contributed by atoms with van der Waals surface area (Å²) in [5, 5.41) is 4.10. The molecule has 0 spiro atoms. The lowest BCUT2D eigenvalue weighted by Gasteiger charge is -2.18. The summed E-state index contributed by atoms with van der Waals surface area (Å²) in [6.45, 7) is 1.66. The molecule has 1 heterocycles. The Bertz CT molecular complexity index is 750. The molecule has 1 amide bonds. The minimum atomic E-state index is -0.0204. The molecule has 0 bridgehead atoms. The third-order valence-electron chi connectivity index (χ3n) is 3.54. The van der Waals surface area contributed by atoms with E-state index in [0.29, 0.717) is 42.0 Å². The van der Waals surface area contributed by atoms with E-state index in [4.69, 9.17) is 32.7 Å². The third kappa shape index (κ3) is 5.46. The predicted molar refractivity (Wildman–Crippen MR) is 101 cm³/mol. The molecule has 1 aliphatic rings. The van der Waals surface area contributed by atoms with E-state index in [2.05, 4.69) is 5.32 Å². The minimum absolute atomic E-state index is 0.0204. The SMILES string of the molecule is O=C(CSc1ccc2c(c1)OCCO2)NCCc1cc(Cl)cc(Cl)c1. The molecule has 0 atom stereocenters. The number of fused-ring (bicyclic) bond motifs is 1. The Hall–Kier alpha value is -1.56. The van der Waals surface area contributed by atoms with Crippen molar-refractivity contribution in [3.63, 3.8) is 0 Å². The number of carbonyl (C=O) groups is 1. The molecule has 2 aromatic carbocycles. The maximum absolute atomic E-state index is 12.0. The van der Waals surface area contributed by atoms with Gasteiger partial charge in [-0.1, -0.05) is 23.2 Å². The molecule has 132 valence electrons. The van der Waals surface area contributed by atoms with Crippen molar-refractivity contribution in [2.24, 2.45) is 0 Å². The molecule has 0 saturated carbocycles. The van der Waals surface area contributed by atoms with Crippen LogP contribution in [0.3, 0.4) is 0 Å².